The van der Waals surface area contributed by atoms with E-state index in [1.165, 1.54) is 0 Å². The maximum absolute atomic E-state index is 6.06. The smallest absolute Gasteiger partial charge is 0.0969 e. The number of likely N-dealkylation sites (N-methyl/N-ethyl adjacent to an activating group) is 1. The van der Waals surface area contributed by atoms with E-state index in [1.807, 2.05) is 67.0 Å². The first-order valence-corrected chi connectivity index (χ1v) is 10.7. The molecule has 0 bridgehead atoms. The fraction of sp³-hybridized carbons (Fsp3) is 0.261. The average molecular weight is 436 g/mol. The summed E-state index contributed by atoms with van der Waals surface area (Å²) in [7, 11) is 2.12. The molecule has 31 heavy (non-hydrogen) atoms. The van der Waals surface area contributed by atoms with E-state index in [-0.39, 0.29) is 0 Å². The van der Waals surface area contributed by atoms with Gasteiger partial charge in [0.05, 0.1) is 23.1 Å². The maximum Gasteiger partial charge on any atom is 0.0969 e. The minimum atomic E-state index is 0.699. The molecule has 0 saturated heterocycles. The number of nitrogens with zero attached hydrogens (tertiary/aromatic N) is 5. The van der Waals surface area contributed by atoms with Crippen LogP contribution < -0.4 is 10.6 Å². The number of pyridine rings is 1. The van der Waals surface area contributed by atoms with Crippen LogP contribution in [-0.2, 0) is 6.54 Å². The lowest BCUT2D eigenvalue weighted by Gasteiger charge is -2.18. The Hall–Kier alpha value is -3.00. The van der Waals surface area contributed by atoms with Crippen molar-refractivity contribution in [3.05, 3.63) is 77.7 Å². The molecule has 2 aromatic carbocycles. The lowest BCUT2D eigenvalue weighted by atomic mass is 10.2. The number of benzene rings is 2. The Morgan fingerprint density at radius 3 is 2.74 bits per heavy atom. The van der Waals surface area contributed by atoms with Crippen molar-refractivity contribution in [3.63, 3.8) is 0 Å². The topological polar surface area (TPSA) is 70.9 Å². The molecule has 0 spiro atoms. The van der Waals surface area contributed by atoms with Crippen molar-refractivity contribution in [2.75, 3.05) is 38.5 Å². The maximum atomic E-state index is 6.06. The molecule has 2 N–H and O–H groups in total. The molecule has 7 nitrogen and oxygen atoms in total. The predicted octanol–water partition coefficient (Wildman–Crippen LogP) is 3.60. The van der Waals surface area contributed by atoms with Gasteiger partial charge in [0.15, 0.2) is 0 Å². The van der Waals surface area contributed by atoms with Crippen molar-refractivity contribution >= 4 is 28.2 Å². The zero-order chi connectivity index (χ0) is 21.5. The highest BCUT2D eigenvalue weighted by Gasteiger charge is 2.05. The van der Waals surface area contributed by atoms with Crippen LogP contribution in [0.4, 0.5) is 5.69 Å². The monoisotopic (exact) mass is 435 g/mol. The van der Waals surface area contributed by atoms with Gasteiger partial charge in [0, 0.05) is 55.0 Å². The van der Waals surface area contributed by atoms with E-state index in [9.17, 15) is 0 Å². The van der Waals surface area contributed by atoms with Crippen LogP contribution in [0, 0.1) is 0 Å². The first-order chi connectivity index (χ1) is 15.2. The number of aromatic nitrogens is 4. The van der Waals surface area contributed by atoms with Crippen molar-refractivity contribution < 1.29 is 0 Å². The van der Waals surface area contributed by atoms with Crippen LogP contribution in [0.3, 0.4) is 0 Å². The number of nitrogens with one attached hydrogen (secondary N) is 2. The second-order valence-electron chi connectivity index (χ2n) is 7.42. The van der Waals surface area contributed by atoms with Crippen LogP contribution in [0.5, 0.6) is 0 Å². The molecule has 2 heterocycles. The fourth-order valence-electron chi connectivity index (χ4n) is 3.34. The summed E-state index contributed by atoms with van der Waals surface area (Å²) < 4.78 is 1.80. The minimum absolute atomic E-state index is 0.699. The SMILES string of the molecule is CN(CCNCc1cn(-c2ccccc2)nn1)CCNc1ccnc2cc(Cl)ccc12. The van der Waals surface area contributed by atoms with Crippen LogP contribution in [-0.4, -0.2) is 58.1 Å². The third-order valence-corrected chi connectivity index (χ3v) is 5.29. The van der Waals surface area contributed by atoms with E-state index in [0.29, 0.717) is 11.6 Å². The molecule has 0 unspecified atom stereocenters. The third-order valence-electron chi connectivity index (χ3n) is 5.05. The summed E-state index contributed by atoms with van der Waals surface area (Å²) in [6, 6.07) is 17.8. The second-order valence-corrected chi connectivity index (χ2v) is 7.85. The molecule has 0 atom stereocenters. The van der Waals surface area contributed by atoms with E-state index in [2.05, 4.69) is 37.9 Å². The Morgan fingerprint density at radius 2 is 1.87 bits per heavy atom. The van der Waals surface area contributed by atoms with Gasteiger partial charge in [0.25, 0.3) is 0 Å². The molecular weight excluding hydrogens is 410 g/mol. The zero-order valence-electron chi connectivity index (χ0n) is 17.5. The summed E-state index contributed by atoms with van der Waals surface area (Å²) in [6.45, 7) is 4.31. The lowest BCUT2D eigenvalue weighted by Crippen LogP contribution is -2.32. The second kappa shape index (κ2) is 10.3. The normalized spacial score (nSPS) is 11.3. The summed E-state index contributed by atoms with van der Waals surface area (Å²) in [6.07, 6.45) is 3.77. The molecule has 4 rings (SSSR count). The van der Waals surface area contributed by atoms with Gasteiger partial charge in [0.2, 0.25) is 0 Å². The van der Waals surface area contributed by atoms with Gasteiger partial charge in [-0.1, -0.05) is 35.0 Å². The van der Waals surface area contributed by atoms with Crippen LogP contribution in [0.1, 0.15) is 5.69 Å². The molecule has 0 radical (unpaired) electrons. The van der Waals surface area contributed by atoms with Crippen molar-refractivity contribution in [1.29, 1.82) is 0 Å². The van der Waals surface area contributed by atoms with Gasteiger partial charge >= 0.3 is 0 Å². The number of fused-ring (bicyclic) bond motifs is 1. The molecule has 0 amide bonds. The molecule has 2 aromatic heterocycles. The molecular formula is C23H26ClN7. The summed E-state index contributed by atoms with van der Waals surface area (Å²) in [4.78, 5) is 6.68. The fourth-order valence-corrected chi connectivity index (χ4v) is 3.51. The summed E-state index contributed by atoms with van der Waals surface area (Å²) in [5, 5.41) is 17.2. The van der Waals surface area contributed by atoms with Crippen molar-refractivity contribution in [2.24, 2.45) is 0 Å². The summed E-state index contributed by atoms with van der Waals surface area (Å²) in [5.41, 5.74) is 3.92. The predicted molar refractivity (Wildman–Crippen MR) is 126 cm³/mol. The Balaban J connectivity index is 1.17. The Morgan fingerprint density at radius 1 is 1.03 bits per heavy atom. The van der Waals surface area contributed by atoms with Crippen LogP contribution in [0.15, 0.2) is 67.0 Å². The summed E-state index contributed by atoms with van der Waals surface area (Å²) in [5.74, 6) is 0. The molecule has 0 saturated carbocycles. The molecule has 4 aromatic rings. The van der Waals surface area contributed by atoms with Crippen molar-refractivity contribution in [3.8, 4) is 5.69 Å². The average Bonchev–Trinajstić information content (AvgIpc) is 3.26. The molecule has 0 aliphatic rings. The Bertz CT molecular complexity index is 1110. The van der Waals surface area contributed by atoms with E-state index in [4.69, 9.17) is 11.6 Å². The van der Waals surface area contributed by atoms with Gasteiger partial charge in [-0.3, -0.25) is 4.98 Å². The van der Waals surface area contributed by atoms with Crippen LogP contribution in [0.2, 0.25) is 5.02 Å². The Kier molecular flexibility index (Phi) is 7.09. The zero-order valence-corrected chi connectivity index (χ0v) is 18.3. The van der Waals surface area contributed by atoms with Gasteiger partial charge in [0.1, 0.15) is 0 Å². The Labute approximate surface area is 187 Å². The lowest BCUT2D eigenvalue weighted by molar-refractivity contribution is 0.343. The number of hydrogen-bond acceptors (Lipinski definition) is 6. The highest BCUT2D eigenvalue weighted by atomic mass is 35.5. The first kappa shape index (κ1) is 21.2. The quantitative estimate of drug-likeness (QED) is 0.371. The molecule has 0 aliphatic carbocycles. The van der Waals surface area contributed by atoms with E-state index >= 15 is 0 Å². The largest absolute Gasteiger partial charge is 0.383 e. The van der Waals surface area contributed by atoms with Gasteiger partial charge in [-0.2, -0.15) is 0 Å². The highest BCUT2D eigenvalue weighted by Crippen LogP contribution is 2.24. The molecule has 160 valence electrons. The molecule has 8 heteroatoms. The van der Waals surface area contributed by atoms with E-state index in [0.717, 1.165) is 54.2 Å². The number of para-hydroxylation sites is 1. The van der Waals surface area contributed by atoms with Gasteiger partial charge in [-0.25, -0.2) is 4.68 Å². The highest BCUT2D eigenvalue weighted by molar-refractivity contribution is 6.31. The summed E-state index contributed by atoms with van der Waals surface area (Å²) >= 11 is 6.06. The van der Waals surface area contributed by atoms with Crippen LogP contribution >= 0.6 is 11.6 Å². The number of anilines is 1. The number of rotatable bonds is 10. The minimum Gasteiger partial charge on any atom is -0.383 e. The van der Waals surface area contributed by atoms with Crippen molar-refractivity contribution in [2.45, 2.75) is 6.54 Å². The van der Waals surface area contributed by atoms with E-state index < -0.39 is 0 Å². The first-order valence-electron chi connectivity index (χ1n) is 10.3. The third kappa shape index (κ3) is 5.79. The number of hydrogen-bond donors (Lipinski definition) is 2. The van der Waals surface area contributed by atoms with Gasteiger partial charge < -0.3 is 15.5 Å². The van der Waals surface area contributed by atoms with E-state index in [1.54, 1.807) is 4.68 Å². The van der Waals surface area contributed by atoms with Crippen LogP contribution in [0.25, 0.3) is 16.6 Å². The molecule has 0 fully saturated rings. The number of halogens is 1. The van der Waals surface area contributed by atoms with Crippen molar-refractivity contribution in [1.82, 2.24) is 30.2 Å². The standard InChI is InChI=1S/C23H26ClN7/c1-30(14-12-27-22-9-10-26-23-15-18(24)7-8-21(22)23)13-11-25-16-19-17-31(29-28-19)20-5-3-2-4-6-20/h2-10,15,17,25H,11-14,16H2,1H3,(H,26,27). The van der Waals surface area contributed by atoms with Gasteiger partial charge in [-0.15, -0.1) is 5.10 Å². The van der Waals surface area contributed by atoms with Gasteiger partial charge in [-0.05, 0) is 43.4 Å². The molecule has 0 aliphatic heterocycles.